The number of rotatable bonds is 3. The summed E-state index contributed by atoms with van der Waals surface area (Å²) in [4.78, 5) is -0.308. The number of benzene rings is 2. The van der Waals surface area contributed by atoms with E-state index in [-0.39, 0.29) is 10.6 Å². The van der Waals surface area contributed by atoms with Crippen molar-refractivity contribution in [2.45, 2.75) is 6.18 Å². The van der Waals surface area contributed by atoms with Crippen LogP contribution in [0.1, 0.15) is 11.1 Å². The summed E-state index contributed by atoms with van der Waals surface area (Å²) in [5.74, 6) is 0. The summed E-state index contributed by atoms with van der Waals surface area (Å²) in [5.41, 5.74) is 5.39. The lowest BCUT2D eigenvalue weighted by molar-refractivity contribution is -0.137. The Morgan fingerprint density at radius 2 is 1.76 bits per heavy atom. The van der Waals surface area contributed by atoms with Crippen molar-refractivity contribution >= 4 is 40.2 Å². The molecule has 0 aliphatic carbocycles. The topological polar surface area (TPSA) is 38.0 Å². The Bertz CT molecular complexity index is 686. The van der Waals surface area contributed by atoms with Gasteiger partial charge in [0.25, 0.3) is 0 Å². The Kier molecular flexibility index (Phi) is 4.39. The van der Waals surface area contributed by atoms with E-state index < -0.39 is 11.7 Å². The summed E-state index contributed by atoms with van der Waals surface area (Å²) in [7, 11) is 0. The molecule has 2 aromatic carbocycles. The molecule has 0 saturated carbocycles. The lowest BCUT2D eigenvalue weighted by Gasteiger charge is -2.14. The van der Waals surface area contributed by atoms with Crippen LogP contribution >= 0.6 is 23.8 Å². The van der Waals surface area contributed by atoms with Crippen LogP contribution < -0.4 is 11.1 Å². The van der Waals surface area contributed by atoms with Gasteiger partial charge in [0.1, 0.15) is 4.99 Å². The highest BCUT2D eigenvalue weighted by molar-refractivity contribution is 7.80. The van der Waals surface area contributed by atoms with Crippen molar-refractivity contribution in [3.8, 4) is 0 Å². The number of hydrogen-bond donors (Lipinski definition) is 2. The van der Waals surface area contributed by atoms with Gasteiger partial charge in [-0.25, -0.2) is 0 Å². The summed E-state index contributed by atoms with van der Waals surface area (Å²) in [6.07, 6.45) is -4.51. The van der Waals surface area contributed by atoms with Crippen LogP contribution in [0.15, 0.2) is 42.5 Å². The van der Waals surface area contributed by atoms with E-state index in [1.807, 2.05) is 0 Å². The predicted molar refractivity (Wildman–Crippen MR) is 82.1 cm³/mol. The van der Waals surface area contributed by atoms with Gasteiger partial charge in [0.2, 0.25) is 0 Å². The molecular weight excluding hydrogens is 321 g/mol. The van der Waals surface area contributed by atoms with Gasteiger partial charge in [0.15, 0.2) is 0 Å². The number of alkyl halides is 3. The maximum atomic E-state index is 12.9. The van der Waals surface area contributed by atoms with Crippen molar-refractivity contribution in [3.63, 3.8) is 0 Å². The first-order chi connectivity index (χ1) is 9.77. The van der Waals surface area contributed by atoms with Crippen LogP contribution in [0.5, 0.6) is 0 Å². The summed E-state index contributed by atoms with van der Waals surface area (Å²) in [5, 5.41) is 3.47. The lowest BCUT2D eigenvalue weighted by atomic mass is 10.1. The molecule has 7 heteroatoms. The highest BCUT2D eigenvalue weighted by Crippen LogP contribution is 2.34. The highest BCUT2D eigenvalue weighted by Gasteiger charge is 2.34. The molecule has 0 amide bonds. The van der Waals surface area contributed by atoms with E-state index in [0.29, 0.717) is 16.4 Å². The van der Waals surface area contributed by atoms with Crippen LogP contribution in [-0.4, -0.2) is 4.99 Å². The Morgan fingerprint density at radius 3 is 2.33 bits per heavy atom. The molecule has 0 bridgehead atoms. The average Bonchev–Trinajstić information content (AvgIpc) is 2.37. The van der Waals surface area contributed by atoms with Gasteiger partial charge in [-0.15, -0.1) is 0 Å². The molecule has 0 radical (unpaired) electrons. The third-order valence-electron chi connectivity index (χ3n) is 2.70. The number of thiocarbonyl (C=S) groups is 1. The first-order valence-corrected chi connectivity index (χ1v) is 6.59. The fourth-order valence-electron chi connectivity index (χ4n) is 1.81. The molecule has 0 aromatic heterocycles. The highest BCUT2D eigenvalue weighted by atomic mass is 35.5. The molecule has 0 aliphatic heterocycles. The van der Waals surface area contributed by atoms with Gasteiger partial charge in [-0.1, -0.05) is 29.9 Å². The molecule has 0 fully saturated rings. The van der Waals surface area contributed by atoms with E-state index in [1.165, 1.54) is 12.1 Å². The molecule has 110 valence electrons. The van der Waals surface area contributed by atoms with Crippen LogP contribution in [0, 0.1) is 0 Å². The zero-order valence-electron chi connectivity index (χ0n) is 10.5. The van der Waals surface area contributed by atoms with Crippen molar-refractivity contribution in [2.24, 2.45) is 5.73 Å². The third-order valence-corrected chi connectivity index (χ3v) is 3.16. The van der Waals surface area contributed by atoms with Crippen LogP contribution in [0.4, 0.5) is 24.5 Å². The van der Waals surface area contributed by atoms with Gasteiger partial charge in [-0.05, 0) is 36.4 Å². The summed E-state index contributed by atoms with van der Waals surface area (Å²) >= 11 is 10.5. The number of halogens is 4. The van der Waals surface area contributed by atoms with E-state index >= 15 is 0 Å². The third kappa shape index (κ3) is 3.86. The van der Waals surface area contributed by atoms with Crippen molar-refractivity contribution in [3.05, 3.63) is 58.6 Å². The normalized spacial score (nSPS) is 11.2. The molecule has 2 nitrogen and oxygen atoms in total. The second-order valence-corrected chi connectivity index (χ2v) is 5.13. The van der Waals surface area contributed by atoms with Crippen LogP contribution in [0.3, 0.4) is 0 Å². The van der Waals surface area contributed by atoms with Crippen molar-refractivity contribution in [1.29, 1.82) is 0 Å². The molecule has 21 heavy (non-hydrogen) atoms. The molecule has 0 atom stereocenters. The van der Waals surface area contributed by atoms with E-state index in [1.54, 1.807) is 24.3 Å². The second-order valence-electron chi connectivity index (χ2n) is 4.26. The largest absolute Gasteiger partial charge is 0.417 e. The number of hydrogen-bond acceptors (Lipinski definition) is 2. The predicted octanol–water partition coefficient (Wildman–Crippen LogP) is 4.74. The van der Waals surface area contributed by atoms with Crippen molar-refractivity contribution in [1.82, 2.24) is 0 Å². The smallest absolute Gasteiger partial charge is 0.389 e. The van der Waals surface area contributed by atoms with E-state index in [0.717, 1.165) is 6.07 Å². The molecule has 0 spiro atoms. The molecule has 3 N–H and O–H groups in total. The number of anilines is 2. The van der Waals surface area contributed by atoms with Gasteiger partial charge in [-0.3, -0.25) is 0 Å². The van der Waals surface area contributed by atoms with Crippen LogP contribution in [0.25, 0.3) is 0 Å². The minimum absolute atomic E-state index is 0.218. The molecule has 0 saturated heterocycles. The van der Waals surface area contributed by atoms with Gasteiger partial charge < -0.3 is 11.1 Å². The van der Waals surface area contributed by atoms with Crippen molar-refractivity contribution in [2.75, 3.05) is 5.32 Å². The zero-order chi connectivity index (χ0) is 15.6. The van der Waals surface area contributed by atoms with Gasteiger partial charge >= 0.3 is 6.18 Å². The quantitative estimate of drug-likeness (QED) is 0.798. The lowest BCUT2D eigenvalue weighted by Crippen LogP contribution is -2.18. The van der Waals surface area contributed by atoms with Gasteiger partial charge in [0.05, 0.1) is 5.56 Å². The summed E-state index contributed by atoms with van der Waals surface area (Å²) in [6, 6.07) is 10.3. The van der Waals surface area contributed by atoms with E-state index in [4.69, 9.17) is 29.6 Å². The number of nitrogens with two attached hydrogens (primary N) is 1. The summed E-state index contributed by atoms with van der Waals surface area (Å²) in [6.45, 7) is 0. The minimum Gasteiger partial charge on any atom is -0.389 e. The monoisotopic (exact) mass is 330 g/mol. The summed E-state index contributed by atoms with van der Waals surface area (Å²) < 4.78 is 38.6. The fourth-order valence-corrected chi connectivity index (χ4v) is 2.17. The first-order valence-electron chi connectivity index (χ1n) is 5.81. The van der Waals surface area contributed by atoms with E-state index in [2.05, 4.69) is 5.32 Å². The molecule has 0 unspecified atom stereocenters. The van der Waals surface area contributed by atoms with Gasteiger partial charge in [-0.2, -0.15) is 13.2 Å². The Labute approximate surface area is 129 Å². The fraction of sp³-hybridized carbons (Fsp3) is 0.0714. The SMILES string of the molecule is NC(=S)c1cc(Nc2cccc(Cl)c2)ccc1C(F)(F)F. The van der Waals surface area contributed by atoms with Gasteiger partial charge in [0, 0.05) is 22.0 Å². The van der Waals surface area contributed by atoms with Crippen molar-refractivity contribution < 1.29 is 13.2 Å². The van der Waals surface area contributed by atoms with Crippen LogP contribution in [0.2, 0.25) is 5.02 Å². The second kappa shape index (κ2) is 5.91. The molecule has 2 rings (SSSR count). The average molecular weight is 331 g/mol. The Balaban J connectivity index is 2.39. The van der Waals surface area contributed by atoms with Crippen LogP contribution in [-0.2, 0) is 6.18 Å². The molecule has 0 heterocycles. The first kappa shape index (κ1) is 15.6. The molecule has 0 aliphatic rings. The number of nitrogens with one attached hydrogen (secondary N) is 1. The standard InChI is InChI=1S/C14H10ClF3N2S/c15-8-2-1-3-9(6-8)20-10-4-5-12(14(16,17)18)11(7-10)13(19)21/h1-7,20H,(H2,19,21). The maximum absolute atomic E-state index is 12.9. The Morgan fingerprint density at radius 1 is 1.10 bits per heavy atom. The minimum atomic E-state index is -4.51. The molecule has 2 aromatic rings. The van der Waals surface area contributed by atoms with E-state index in [9.17, 15) is 13.2 Å². The zero-order valence-corrected chi connectivity index (χ0v) is 12.1. The molecular formula is C14H10ClF3N2S. The Hall–Kier alpha value is -1.79. The maximum Gasteiger partial charge on any atom is 0.417 e.